The lowest BCUT2D eigenvalue weighted by molar-refractivity contribution is -0.121. The van der Waals surface area contributed by atoms with Crippen LogP contribution >= 0.6 is 0 Å². The molecule has 1 aromatic carbocycles. The Morgan fingerprint density at radius 2 is 1.65 bits per heavy atom. The molecule has 2 rings (SSSR count). The van der Waals surface area contributed by atoms with Crippen molar-refractivity contribution in [3.63, 3.8) is 0 Å². The lowest BCUT2D eigenvalue weighted by Crippen LogP contribution is -2.48. The first-order chi connectivity index (χ1) is 9.28. The van der Waals surface area contributed by atoms with Gasteiger partial charge in [-0.1, -0.05) is 12.8 Å². The van der Waals surface area contributed by atoms with Crippen LogP contribution in [0.2, 0.25) is 0 Å². The van der Waals surface area contributed by atoms with E-state index in [1.807, 2.05) is 0 Å². The van der Waals surface area contributed by atoms with Crippen molar-refractivity contribution in [1.82, 2.24) is 0 Å². The van der Waals surface area contributed by atoms with Gasteiger partial charge in [-0.3, -0.25) is 9.52 Å². The van der Waals surface area contributed by atoms with E-state index in [-0.39, 0.29) is 5.91 Å². The van der Waals surface area contributed by atoms with E-state index < -0.39 is 15.6 Å². The van der Waals surface area contributed by atoms with Gasteiger partial charge in [-0.15, -0.1) is 0 Å². The van der Waals surface area contributed by atoms with Crippen LogP contribution in [-0.4, -0.2) is 26.1 Å². The molecule has 0 radical (unpaired) electrons. The molecule has 0 atom stereocenters. The molecule has 6 nitrogen and oxygen atoms in total. The van der Waals surface area contributed by atoms with Crippen LogP contribution in [0, 0.1) is 0 Å². The van der Waals surface area contributed by atoms with Crippen LogP contribution in [0.25, 0.3) is 0 Å². The first kappa shape index (κ1) is 14.8. The Morgan fingerprint density at radius 3 is 2.15 bits per heavy atom. The van der Waals surface area contributed by atoms with Crippen molar-refractivity contribution in [2.75, 3.05) is 16.3 Å². The van der Waals surface area contributed by atoms with E-state index in [2.05, 4.69) is 10.0 Å². The second kappa shape index (κ2) is 5.41. The molecule has 1 amide bonds. The summed E-state index contributed by atoms with van der Waals surface area (Å²) in [6, 6.07) is 6.47. The maximum absolute atomic E-state index is 12.1. The van der Waals surface area contributed by atoms with Crippen molar-refractivity contribution in [1.29, 1.82) is 0 Å². The van der Waals surface area contributed by atoms with Gasteiger partial charge in [0.25, 0.3) is 0 Å². The number of hydrogen-bond acceptors (Lipinski definition) is 4. The summed E-state index contributed by atoms with van der Waals surface area (Å²) >= 11 is 0. The van der Waals surface area contributed by atoms with E-state index in [1.165, 1.54) is 0 Å². The highest BCUT2D eigenvalue weighted by atomic mass is 32.2. The standard InChI is InChI=1S/C13H19N3O3S/c1-20(18,19)16-11-6-4-10(5-7-11)15-12(17)13(14)8-2-3-9-13/h4-7,16H,2-3,8-9,14H2,1H3,(H,15,17). The van der Waals surface area contributed by atoms with E-state index in [1.54, 1.807) is 24.3 Å². The molecule has 0 spiro atoms. The lowest BCUT2D eigenvalue weighted by Gasteiger charge is -2.22. The zero-order valence-corrected chi connectivity index (χ0v) is 12.2. The molecule has 1 aliphatic carbocycles. The Hall–Kier alpha value is -1.60. The molecular formula is C13H19N3O3S. The number of carbonyl (C=O) groups excluding carboxylic acids is 1. The molecule has 0 aliphatic heterocycles. The van der Waals surface area contributed by atoms with E-state index >= 15 is 0 Å². The van der Waals surface area contributed by atoms with Crippen LogP contribution < -0.4 is 15.8 Å². The van der Waals surface area contributed by atoms with Crippen molar-refractivity contribution in [2.24, 2.45) is 5.73 Å². The normalized spacial score (nSPS) is 17.7. The van der Waals surface area contributed by atoms with Gasteiger partial charge >= 0.3 is 0 Å². The van der Waals surface area contributed by atoms with Gasteiger partial charge in [0, 0.05) is 11.4 Å². The fourth-order valence-electron chi connectivity index (χ4n) is 2.32. The fourth-order valence-corrected chi connectivity index (χ4v) is 2.89. The molecule has 0 saturated heterocycles. The molecule has 1 fully saturated rings. The molecule has 20 heavy (non-hydrogen) atoms. The minimum atomic E-state index is -3.29. The highest BCUT2D eigenvalue weighted by molar-refractivity contribution is 7.92. The summed E-state index contributed by atoms with van der Waals surface area (Å²) < 4.78 is 24.5. The number of nitrogens with one attached hydrogen (secondary N) is 2. The Morgan fingerprint density at radius 1 is 1.15 bits per heavy atom. The predicted octanol–water partition coefficient (Wildman–Crippen LogP) is 1.27. The molecule has 1 aromatic rings. The second-order valence-electron chi connectivity index (χ2n) is 5.27. The summed E-state index contributed by atoms with van der Waals surface area (Å²) in [6.45, 7) is 0. The van der Waals surface area contributed by atoms with Gasteiger partial charge in [0.05, 0.1) is 11.8 Å². The number of nitrogens with two attached hydrogens (primary N) is 1. The maximum atomic E-state index is 12.1. The monoisotopic (exact) mass is 297 g/mol. The smallest absolute Gasteiger partial charge is 0.244 e. The summed E-state index contributed by atoms with van der Waals surface area (Å²) in [7, 11) is -3.29. The summed E-state index contributed by atoms with van der Waals surface area (Å²) in [5.41, 5.74) is 6.34. The minimum absolute atomic E-state index is 0.182. The number of hydrogen-bond donors (Lipinski definition) is 3. The largest absolute Gasteiger partial charge is 0.324 e. The SMILES string of the molecule is CS(=O)(=O)Nc1ccc(NC(=O)C2(N)CCCC2)cc1. The van der Waals surface area contributed by atoms with Crippen LogP contribution in [0.5, 0.6) is 0 Å². The average molecular weight is 297 g/mol. The number of benzene rings is 1. The third-order valence-electron chi connectivity index (χ3n) is 3.39. The van der Waals surface area contributed by atoms with Gasteiger partial charge in [0.2, 0.25) is 15.9 Å². The van der Waals surface area contributed by atoms with Crippen LogP contribution in [0.1, 0.15) is 25.7 Å². The van der Waals surface area contributed by atoms with Crippen molar-refractivity contribution < 1.29 is 13.2 Å². The van der Waals surface area contributed by atoms with Gasteiger partial charge in [-0.25, -0.2) is 8.42 Å². The maximum Gasteiger partial charge on any atom is 0.244 e. The van der Waals surface area contributed by atoms with Crippen LogP contribution in [0.3, 0.4) is 0 Å². The number of amides is 1. The minimum Gasteiger partial charge on any atom is -0.324 e. The Bertz CT molecular complexity index is 590. The second-order valence-corrected chi connectivity index (χ2v) is 7.02. The van der Waals surface area contributed by atoms with Gasteiger partial charge in [0.15, 0.2) is 0 Å². The topological polar surface area (TPSA) is 101 Å². The Balaban J connectivity index is 2.02. The molecule has 0 unspecified atom stereocenters. The number of carbonyl (C=O) groups is 1. The van der Waals surface area contributed by atoms with Crippen molar-refractivity contribution in [3.8, 4) is 0 Å². The first-order valence-electron chi connectivity index (χ1n) is 6.47. The van der Waals surface area contributed by atoms with Crippen molar-refractivity contribution in [2.45, 2.75) is 31.2 Å². The predicted molar refractivity (Wildman–Crippen MR) is 78.9 cm³/mol. The van der Waals surface area contributed by atoms with E-state index in [4.69, 9.17) is 5.73 Å². The van der Waals surface area contributed by atoms with Crippen molar-refractivity contribution >= 4 is 27.3 Å². The van der Waals surface area contributed by atoms with Crippen molar-refractivity contribution in [3.05, 3.63) is 24.3 Å². The van der Waals surface area contributed by atoms with E-state index in [0.717, 1.165) is 19.1 Å². The summed E-state index contributed by atoms with van der Waals surface area (Å²) in [5.74, 6) is -0.182. The van der Waals surface area contributed by atoms with E-state index in [9.17, 15) is 13.2 Å². The highest BCUT2D eigenvalue weighted by Gasteiger charge is 2.36. The third-order valence-corrected chi connectivity index (χ3v) is 4.00. The summed E-state index contributed by atoms with van der Waals surface area (Å²) in [6.07, 6.45) is 4.43. The zero-order valence-electron chi connectivity index (χ0n) is 11.3. The van der Waals surface area contributed by atoms with E-state index in [0.29, 0.717) is 24.2 Å². The molecule has 1 aliphatic rings. The van der Waals surface area contributed by atoms with Gasteiger partial charge in [0.1, 0.15) is 0 Å². The lowest BCUT2D eigenvalue weighted by atomic mass is 9.98. The Labute approximate surface area is 118 Å². The molecule has 4 N–H and O–H groups in total. The third kappa shape index (κ3) is 3.71. The van der Waals surface area contributed by atoms with Gasteiger partial charge in [-0.2, -0.15) is 0 Å². The number of anilines is 2. The molecule has 1 saturated carbocycles. The van der Waals surface area contributed by atoms with Crippen LogP contribution in [-0.2, 0) is 14.8 Å². The number of sulfonamides is 1. The molecule has 0 aromatic heterocycles. The number of rotatable bonds is 4. The average Bonchev–Trinajstić information content (AvgIpc) is 2.78. The Kier molecular flexibility index (Phi) is 4.01. The van der Waals surface area contributed by atoms with Gasteiger partial charge < -0.3 is 11.1 Å². The molecule has 0 heterocycles. The van der Waals surface area contributed by atoms with Crippen LogP contribution in [0.15, 0.2) is 24.3 Å². The van der Waals surface area contributed by atoms with Gasteiger partial charge in [-0.05, 0) is 37.1 Å². The van der Waals surface area contributed by atoms with Crippen LogP contribution in [0.4, 0.5) is 11.4 Å². The highest BCUT2D eigenvalue weighted by Crippen LogP contribution is 2.28. The first-order valence-corrected chi connectivity index (χ1v) is 8.36. The molecule has 7 heteroatoms. The molecular weight excluding hydrogens is 278 g/mol. The molecule has 110 valence electrons. The molecule has 0 bridgehead atoms. The zero-order chi connectivity index (χ0) is 14.8. The summed E-state index contributed by atoms with van der Waals surface area (Å²) in [5, 5.41) is 2.77. The quantitative estimate of drug-likeness (QED) is 0.779. The fraction of sp³-hybridized carbons (Fsp3) is 0.462. The summed E-state index contributed by atoms with van der Waals surface area (Å²) in [4.78, 5) is 12.1.